The molecule has 1 N–H and O–H groups in total. The lowest BCUT2D eigenvalue weighted by Gasteiger charge is -2.12. The number of aliphatic hydroxyl groups excluding tert-OH is 1. The zero-order valence-corrected chi connectivity index (χ0v) is 11.5. The summed E-state index contributed by atoms with van der Waals surface area (Å²) in [5.74, 6) is 0.835. The van der Waals surface area contributed by atoms with Crippen molar-refractivity contribution < 1.29 is 9.84 Å². The third kappa shape index (κ3) is 3.69. The molecule has 0 fully saturated rings. The molecule has 1 heterocycles. The number of rotatable bonds is 5. The van der Waals surface area contributed by atoms with Gasteiger partial charge in [0.2, 0.25) is 0 Å². The predicted molar refractivity (Wildman–Crippen MR) is 75.5 cm³/mol. The fraction of sp³-hybridized carbons (Fsp3) is 0.267. The lowest BCUT2D eigenvalue weighted by molar-refractivity contribution is 0.168. The van der Waals surface area contributed by atoms with Crippen LogP contribution >= 0.6 is 11.6 Å². The zero-order chi connectivity index (χ0) is 13.7. The van der Waals surface area contributed by atoms with Crippen LogP contribution in [0.5, 0.6) is 5.75 Å². The van der Waals surface area contributed by atoms with E-state index < -0.39 is 6.10 Å². The number of hydrogen-bond donors (Lipinski definition) is 1. The number of hydrogen-bond acceptors (Lipinski definition) is 3. The number of aromatic nitrogens is 1. The first-order valence-electron chi connectivity index (χ1n) is 6.11. The topological polar surface area (TPSA) is 42.4 Å². The fourth-order valence-corrected chi connectivity index (χ4v) is 2.15. The minimum absolute atomic E-state index is 0.504. The molecule has 4 heteroatoms. The SMILES string of the molecule is COc1ccc(CCC(O)c2ccncc2Cl)cc1. The molecule has 2 rings (SSSR count). The molecule has 0 aliphatic carbocycles. The second kappa shape index (κ2) is 6.55. The van der Waals surface area contributed by atoms with E-state index in [0.29, 0.717) is 11.4 Å². The molecule has 3 nitrogen and oxygen atoms in total. The van der Waals surface area contributed by atoms with E-state index >= 15 is 0 Å². The van der Waals surface area contributed by atoms with E-state index in [2.05, 4.69) is 4.98 Å². The molecular weight excluding hydrogens is 262 g/mol. The van der Waals surface area contributed by atoms with Crippen LogP contribution in [0.25, 0.3) is 0 Å². The fourth-order valence-electron chi connectivity index (χ4n) is 1.91. The van der Waals surface area contributed by atoms with Gasteiger partial charge in [-0.25, -0.2) is 0 Å². The van der Waals surface area contributed by atoms with Crippen molar-refractivity contribution >= 4 is 11.6 Å². The predicted octanol–water partition coefficient (Wildman–Crippen LogP) is 3.41. The molecule has 19 heavy (non-hydrogen) atoms. The standard InChI is InChI=1S/C15H16ClNO2/c1-19-12-5-2-11(3-6-12)4-7-15(18)13-8-9-17-10-14(13)16/h2-3,5-6,8-10,15,18H,4,7H2,1H3. The van der Waals surface area contributed by atoms with E-state index in [-0.39, 0.29) is 0 Å². The molecule has 2 aromatic rings. The Morgan fingerprint density at radius 2 is 2.00 bits per heavy atom. The maximum atomic E-state index is 10.1. The third-order valence-corrected chi connectivity index (χ3v) is 3.34. The van der Waals surface area contributed by atoms with Crippen LogP contribution in [0.1, 0.15) is 23.7 Å². The van der Waals surface area contributed by atoms with Crippen molar-refractivity contribution in [2.45, 2.75) is 18.9 Å². The quantitative estimate of drug-likeness (QED) is 0.911. The average molecular weight is 278 g/mol. The molecule has 100 valence electrons. The van der Waals surface area contributed by atoms with Crippen molar-refractivity contribution in [3.63, 3.8) is 0 Å². The highest BCUT2D eigenvalue weighted by Gasteiger charge is 2.11. The zero-order valence-electron chi connectivity index (χ0n) is 10.7. The van der Waals surface area contributed by atoms with Crippen LogP contribution in [-0.4, -0.2) is 17.2 Å². The van der Waals surface area contributed by atoms with Crippen LogP contribution in [0.2, 0.25) is 5.02 Å². The van der Waals surface area contributed by atoms with Gasteiger partial charge in [0, 0.05) is 18.0 Å². The van der Waals surface area contributed by atoms with Crippen molar-refractivity contribution in [2.24, 2.45) is 0 Å². The highest BCUT2D eigenvalue weighted by Crippen LogP contribution is 2.25. The average Bonchev–Trinajstić information content (AvgIpc) is 2.46. The summed E-state index contributed by atoms with van der Waals surface area (Å²) in [5.41, 5.74) is 1.88. The van der Waals surface area contributed by atoms with Gasteiger partial charge in [0.1, 0.15) is 5.75 Å². The van der Waals surface area contributed by atoms with E-state index in [1.807, 2.05) is 24.3 Å². The summed E-state index contributed by atoms with van der Waals surface area (Å²) < 4.78 is 5.11. The Balaban J connectivity index is 1.96. The van der Waals surface area contributed by atoms with Gasteiger partial charge >= 0.3 is 0 Å². The van der Waals surface area contributed by atoms with Crippen LogP contribution in [0.3, 0.4) is 0 Å². The molecular formula is C15H16ClNO2. The molecule has 1 aromatic heterocycles. The normalized spacial score (nSPS) is 12.2. The van der Waals surface area contributed by atoms with Crippen molar-refractivity contribution in [3.05, 3.63) is 58.9 Å². The largest absolute Gasteiger partial charge is 0.497 e. The number of aryl methyl sites for hydroxylation is 1. The van der Waals surface area contributed by atoms with E-state index in [1.54, 1.807) is 25.6 Å². The molecule has 0 bridgehead atoms. The lowest BCUT2D eigenvalue weighted by atomic mass is 10.0. The molecule has 1 aromatic carbocycles. The first-order chi connectivity index (χ1) is 9.20. The van der Waals surface area contributed by atoms with Crippen LogP contribution in [0, 0.1) is 0 Å². The molecule has 0 spiro atoms. The summed E-state index contributed by atoms with van der Waals surface area (Å²) in [6, 6.07) is 9.59. The Hall–Kier alpha value is -1.58. The van der Waals surface area contributed by atoms with Crippen molar-refractivity contribution in [1.82, 2.24) is 4.98 Å². The van der Waals surface area contributed by atoms with Crippen LogP contribution in [0.15, 0.2) is 42.7 Å². The van der Waals surface area contributed by atoms with Gasteiger partial charge < -0.3 is 9.84 Å². The smallest absolute Gasteiger partial charge is 0.118 e. The Morgan fingerprint density at radius 1 is 1.26 bits per heavy atom. The summed E-state index contributed by atoms with van der Waals surface area (Å²) in [6.07, 6.45) is 4.02. The highest BCUT2D eigenvalue weighted by molar-refractivity contribution is 6.31. The van der Waals surface area contributed by atoms with Crippen molar-refractivity contribution in [3.8, 4) is 5.75 Å². The molecule has 0 radical (unpaired) electrons. The molecule has 1 atom stereocenters. The van der Waals surface area contributed by atoms with Gasteiger partial charge in [-0.3, -0.25) is 4.98 Å². The molecule has 0 saturated heterocycles. The maximum absolute atomic E-state index is 10.1. The summed E-state index contributed by atoms with van der Waals surface area (Å²) >= 11 is 6.00. The monoisotopic (exact) mass is 277 g/mol. The van der Waals surface area contributed by atoms with Gasteiger partial charge in [-0.05, 0) is 36.6 Å². The summed E-state index contributed by atoms with van der Waals surface area (Å²) in [7, 11) is 1.64. The number of aliphatic hydroxyl groups is 1. The van der Waals surface area contributed by atoms with E-state index in [4.69, 9.17) is 16.3 Å². The van der Waals surface area contributed by atoms with Gasteiger partial charge in [-0.1, -0.05) is 23.7 Å². The number of ether oxygens (including phenoxy) is 1. The molecule has 0 saturated carbocycles. The second-order valence-corrected chi connectivity index (χ2v) is 4.71. The number of nitrogens with zero attached hydrogens (tertiary/aromatic N) is 1. The molecule has 0 aliphatic rings. The minimum Gasteiger partial charge on any atom is -0.497 e. The van der Waals surface area contributed by atoms with E-state index in [9.17, 15) is 5.11 Å². The van der Waals surface area contributed by atoms with Gasteiger partial charge in [0.25, 0.3) is 0 Å². The highest BCUT2D eigenvalue weighted by atomic mass is 35.5. The van der Waals surface area contributed by atoms with Gasteiger partial charge in [0.05, 0.1) is 18.2 Å². The third-order valence-electron chi connectivity index (χ3n) is 3.03. The van der Waals surface area contributed by atoms with Crippen molar-refractivity contribution in [2.75, 3.05) is 7.11 Å². The first-order valence-corrected chi connectivity index (χ1v) is 6.49. The Kier molecular flexibility index (Phi) is 4.77. The Labute approximate surface area is 117 Å². The van der Waals surface area contributed by atoms with Crippen LogP contribution in [-0.2, 0) is 6.42 Å². The van der Waals surface area contributed by atoms with Crippen LogP contribution < -0.4 is 4.74 Å². The first kappa shape index (κ1) is 13.8. The summed E-state index contributed by atoms with van der Waals surface area (Å²) in [4.78, 5) is 3.91. The number of pyridine rings is 1. The van der Waals surface area contributed by atoms with E-state index in [0.717, 1.165) is 23.3 Å². The van der Waals surface area contributed by atoms with Gasteiger partial charge in [-0.2, -0.15) is 0 Å². The second-order valence-electron chi connectivity index (χ2n) is 4.30. The lowest BCUT2D eigenvalue weighted by Crippen LogP contribution is -2.01. The van der Waals surface area contributed by atoms with E-state index in [1.165, 1.54) is 0 Å². The molecule has 0 aliphatic heterocycles. The van der Waals surface area contributed by atoms with Gasteiger partial charge in [-0.15, -0.1) is 0 Å². The van der Waals surface area contributed by atoms with Crippen molar-refractivity contribution in [1.29, 1.82) is 0 Å². The Bertz CT molecular complexity index is 528. The molecule has 1 unspecified atom stereocenters. The summed E-state index contributed by atoms with van der Waals surface area (Å²) in [6.45, 7) is 0. The number of benzene rings is 1. The maximum Gasteiger partial charge on any atom is 0.118 e. The van der Waals surface area contributed by atoms with Gasteiger partial charge in [0.15, 0.2) is 0 Å². The number of halogens is 1. The minimum atomic E-state index is -0.572. The Morgan fingerprint density at radius 3 is 2.63 bits per heavy atom. The number of methoxy groups -OCH3 is 1. The molecule has 0 amide bonds. The van der Waals surface area contributed by atoms with Crippen LogP contribution in [0.4, 0.5) is 0 Å². The summed E-state index contributed by atoms with van der Waals surface area (Å²) in [5, 5.41) is 10.6.